The van der Waals surface area contributed by atoms with Crippen molar-refractivity contribution in [3.63, 3.8) is 0 Å². The van der Waals surface area contributed by atoms with Crippen molar-refractivity contribution in [1.29, 1.82) is 0 Å². The summed E-state index contributed by atoms with van der Waals surface area (Å²) in [7, 11) is 0. The molecule has 7 heteroatoms. The molecular formula is C17H19N3O4. The van der Waals surface area contributed by atoms with Crippen molar-refractivity contribution in [2.75, 3.05) is 32.9 Å². The summed E-state index contributed by atoms with van der Waals surface area (Å²) in [5.74, 6) is 1.37. The quantitative estimate of drug-likeness (QED) is 0.908. The summed E-state index contributed by atoms with van der Waals surface area (Å²) in [6.45, 7) is 4.78. The summed E-state index contributed by atoms with van der Waals surface area (Å²) in [6, 6.07) is 5.64. The Morgan fingerprint density at radius 3 is 2.92 bits per heavy atom. The standard InChI is InChI=1S/C17H19N3O4/c1-11-10-20(4-5-22-11)17(21)13-9-18-19-16(13)12-2-3-14-15(8-12)24-7-6-23-14/h2-3,8-9,11H,4-7,10H2,1H3,(H,18,19). The van der Waals surface area contributed by atoms with E-state index in [9.17, 15) is 4.79 Å². The number of rotatable bonds is 2. The summed E-state index contributed by atoms with van der Waals surface area (Å²) in [5, 5.41) is 7.00. The molecule has 0 bridgehead atoms. The fraction of sp³-hybridized carbons (Fsp3) is 0.412. The van der Waals surface area contributed by atoms with Crippen molar-refractivity contribution in [3.8, 4) is 22.8 Å². The number of nitrogens with one attached hydrogen (secondary N) is 1. The van der Waals surface area contributed by atoms with Crippen LogP contribution in [0, 0.1) is 0 Å². The van der Waals surface area contributed by atoms with Crippen molar-refractivity contribution in [3.05, 3.63) is 30.0 Å². The average molecular weight is 329 g/mol. The fourth-order valence-corrected chi connectivity index (χ4v) is 3.04. The lowest BCUT2D eigenvalue weighted by molar-refractivity contribution is -0.0123. The van der Waals surface area contributed by atoms with Crippen molar-refractivity contribution >= 4 is 5.91 Å². The number of hydrogen-bond acceptors (Lipinski definition) is 5. The van der Waals surface area contributed by atoms with Crippen LogP contribution in [0.3, 0.4) is 0 Å². The first-order valence-corrected chi connectivity index (χ1v) is 8.06. The Bertz CT molecular complexity index is 758. The van der Waals surface area contributed by atoms with Crippen LogP contribution in [0.4, 0.5) is 0 Å². The van der Waals surface area contributed by atoms with Crippen molar-refractivity contribution in [2.45, 2.75) is 13.0 Å². The second kappa shape index (κ2) is 6.16. The number of nitrogens with zero attached hydrogens (tertiary/aromatic N) is 2. The molecule has 0 radical (unpaired) electrons. The van der Waals surface area contributed by atoms with Gasteiger partial charge in [0.15, 0.2) is 11.5 Å². The second-order valence-corrected chi connectivity index (χ2v) is 5.95. The number of H-pyrrole nitrogens is 1. The summed E-state index contributed by atoms with van der Waals surface area (Å²) in [6.07, 6.45) is 1.63. The Morgan fingerprint density at radius 2 is 2.08 bits per heavy atom. The van der Waals surface area contributed by atoms with Gasteiger partial charge in [-0.1, -0.05) is 0 Å². The van der Waals surface area contributed by atoms with Crippen LogP contribution in [0.1, 0.15) is 17.3 Å². The predicted octanol–water partition coefficient (Wildman–Crippen LogP) is 1.71. The van der Waals surface area contributed by atoms with E-state index in [1.165, 1.54) is 0 Å². The molecule has 1 amide bonds. The van der Waals surface area contributed by atoms with Gasteiger partial charge in [-0.3, -0.25) is 9.89 Å². The van der Waals surface area contributed by atoms with E-state index in [2.05, 4.69) is 10.2 Å². The molecule has 1 unspecified atom stereocenters. The topological polar surface area (TPSA) is 76.7 Å². The maximum absolute atomic E-state index is 12.8. The molecule has 0 saturated carbocycles. The van der Waals surface area contributed by atoms with Gasteiger partial charge in [0, 0.05) is 18.7 Å². The van der Waals surface area contributed by atoms with Crippen molar-refractivity contribution in [2.24, 2.45) is 0 Å². The largest absolute Gasteiger partial charge is 0.486 e. The summed E-state index contributed by atoms with van der Waals surface area (Å²) >= 11 is 0. The molecule has 0 aliphatic carbocycles. The number of ether oxygens (including phenoxy) is 3. The van der Waals surface area contributed by atoms with E-state index in [1.807, 2.05) is 25.1 Å². The SMILES string of the molecule is CC1CN(C(=O)c2cn[nH]c2-c2ccc3c(c2)OCCO3)CCO1. The average Bonchev–Trinajstić information content (AvgIpc) is 3.10. The number of carbonyl (C=O) groups is 1. The number of aromatic nitrogens is 2. The van der Waals surface area contributed by atoms with E-state index in [4.69, 9.17) is 14.2 Å². The molecule has 1 aromatic heterocycles. The lowest BCUT2D eigenvalue weighted by atomic mass is 10.1. The van der Waals surface area contributed by atoms with Gasteiger partial charge in [0.05, 0.1) is 30.2 Å². The predicted molar refractivity (Wildman–Crippen MR) is 86.3 cm³/mol. The Morgan fingerprint density at radius 1 is 1.25 bits per heavy atom. The molecule has 126 valence electrons. The molecule has 2 aliphatic rings. The monoisotopic (exact) mass is 329 g/mol. The molecule has 0 spiro atoms. The van der Waals surface area contributed by atoms with Gasteiger partial charge in [0.25, 0.3) is 5.91 Å². The van der Waals surface area contributed by atoms with E-state index in [1.54, 1.807) is 11.1 Å². The third kappa shape index (κ3) is 2.71. The van der Waals surface area contributed by atoms with Gasteiger partial charge in [0.2, 0.25) is 0 Å². The van der Waals surface area contributed by atoms with E-state index >= 15 is 0 Å². The minimum absolute atomic E-state index is 0.0382. The zero-order valence-corrected chi connectivity index (χ0v) is 13.4. The number of carbonyl (C=O) groups excluding carboxylic acids is 1. The number of benzene rings is 1. The zero-order valence-electron chi connectivity index (χ0n) is 13.4. The highest BCUT2D eigenvalue weighted by Crippen LogP contribution is 2.35. The highest BCUT2D eigenvalue weighted by Gasteiger charge is 2.26. The fourth-order valence-electron chi connectivity index (χ4n) is 3.04. The molecule has 1 aromatic carbocycles. The summed E-state index contributed by atoms with van der Waals surface area (Å²) in [5.41, 5.74) is 2.10. The Kier molecular flexibility index (Phi) is 3.86. The van der Waals surface area contributed by atoms with Crippen LogP contribution in [0.5, 0.6) is 11.5 Å². The minimum Gasteiger partial charge on any atom is -0.486 e. The molecular weight excluding hydrogens is 310 g/mol. The van der Waals surface area contributed by atoms with Crippen LogP contribution in [0.15, 0.2) is 24.4 Å². The number of hydrogen-bond donors (Lipinski definition) is 1. The van der Waals surface area contributed by atoms with Crippen LogP contribution in [-0.4, -0.2) is 60.0 Å². The maximum atomic E-state index is 12.8. The van der Waals surface area contributed by atoms with Gasteiger partial charge >= 0.3 is 0 Å². The molecule has 2 aliphatic heterocycles. The second-order valence-electron chi connectivity index (χ2n) is 5.95. The van der Waals surface area contributed by atoms with Gasteiger partial charge < -0.3 is 19.1 Å². The lowest BCUT2D eigenvalue weighted by Crippen LogP contribution is -2.44. The van der Waals surface area contributed by atoms with Crippen molar-refractivity contribution in [1.82, 2.24) is 15.1 Å². The van der Waals surface area contributed by atoms with Gasteiger partial charge in [-0.15, -0.1) is 0 Å². The number of aromatic amines is 1. The summed E-state index contributed by atoms with van der Waals surface area (Å²) < 4.78 is 16.7. The van der Waals surface area contributed by atoms with Crippen LogP contribution >= 0.6 is 0 Å². The van der Waals surface area contributed by atoms with Crippen molar-refractivity contribution < 1.29 is 19.0 Å². The van der Waals surface area contributed by atoms with Gasteiger partial charge in [-0.2, -0.15) is 5.10 Å². The number of amides is 1. The van der Waals surface area contributed by atoms with E-state index < -0.39 is 0 Å². The molecule has 1 fully saturated rings. The third-order valence-corrected chi connectivity index (χ3v) is 4.23. The van der Waals surface area contributed by atoms with Gasteiger partial charge in [-0.05, 0) is 25.1 Å². The maximum Gasteiger partial charge on any atom is 0.257 e. The first kappa shape index (κ1) is 15.0. The van der Waals surface area contributed by atoms with Crippen LogP contribution in [0.25, 0.3) is 11.3 Å². The number of fused-ring (bicyclic) bond motifs is 1. The minimum atomic E-state index is -0.0382. The molecule has 1 saturated heterocycles. The summed E-state index contributed by atoms with van der Waals surface area (Å²) in [4.78, 5) is 14.6. The Hall–Kier alpha value is -2.54. The molecule has 3 heterocycles. The highest BCUT2D eigenvalue weighted by atomic mass is 16.6. The zero-order chi connectivity index (χ0) is 16.5. The van der Waals surface area contributed by atoms with E-state index in [0.717, 1.165) is 11.3 Å². The Balaban J connectivity index is 1.64. The van der Waals surface area contributed by atoms with Gasteiger partial charge in [-0.25, -0.2) is 0 Å². The number of morpholine rings is 1. The van der Waals surface area contributed by atoms with E-state index in [0.29, 0.717) is 49.9 Å². The lowest BCUT2D eigenvalue weighted by Gasteiger charge is -2.31. The first-order chi connectivity index (χ1) is 11.7. The molecule has 1 N–H and O–H groups in total. The highest BCUT2D eigenvalue weighted by molar-refractivity contribution is 6.00. The molecule has 24 heavy (non-hydrogen) atoms. The molecule has 1 atom stereocenters. The smallest absolute Gasteiger partial charge is 0.257 e. The van der Waals surface area contributed by atoms with E-state index in [-0.39, 0.29) is 12.0 Å². The van der Waals surface area contributed by atoms with Crippen LogP contribution in [-0.2, 0) is 4.74 Å². The molecule has 7 nitrogen and oxygen atoms in total. The first-order valence-electron chi connectivity index (χ1n) is 8.06. The Labute approximate surface area is 139 Å². The normalized spacial score (nSPS) is 20.0. The van der Waals surface area contributed by atoms with Crippen LogP contribution < -0.4 is 9.47 Å². The molecule has 2 aromatic rings. The molecule has 4 rings (SSSR count). The van der Waals surface area contributed by atoms with Crippen LogP contribution in [0.2, 0.25) is 0 Å². The third-order valence-electron chi connectivity index (χ3n) is 4.23. The van der Waals surface area contributed by atoms with Gasteiger partial charge in [0.1, 0.15) is 13.2 Å².